The smallest absolute Gasteiger partial charge is 0.416 e. The van der Waals surface area contributed by atoms with Crippen molar-refractivity contribution in [3.63, 3.8) is 0 Å². The minimum atomic E-state index is -1.45. The van der Waals surface area contributed by atoms with Crippen LogP contribution in [-0.4, -0.2) is 141 Å². The number of fused-ring (bicyclic) bond motifs is 9. The van der Waals surface area contributed by atoms with Gasteiger partial charge in [0, 0.05) is 98.4 Å². The number of anilines is 2. The Morgan fingerprint density at radius 1 is 0.696 bits per heavy atom. The maximum absolute atomic E-state index is 14.5. The number of aromatic nitrogens is 3. The Bertz CT molecular complexity index is 4740. The number of amidine groups is 1. The second kappa shape index (κ2) is 35.1. The molecule has 7 aromatic rings. The number of hydrogen-bond donors (Lipinski definition) is 4. The number of carbonyl (C=O) groups is 8. The summed E-state index contributed by atoms with van der Waals surface area (Å²) in [6, 6.07) is 36.2. The van der Waals surface area contributed by atoms with Gasteiger partial charge < -0.3 is 54.5 Å². The number of methoxy groups -OCH3 is 2. The zero-order valence-electron chi connectivity index (χ0n) is 64.9. The lowest BCUT2D eigenvalue weighted by Crippen LogP contribution is -2.50. The van der Waals surface area contributed by atoms with E-state index >= 15 is 0 Å². The molecule has 1 unspecified atom stereocenters. The van der Waals surface area contributed by atoms with Crippen LogP contribution in [0.25, 0.3) is 28.1 Å². The second-order valence-electron chi connectivity index (χ2n) is 31.1. The van der Waals surface area contributed by atoms with Gasteiger partial charge in [0.2, 0.25) is 11.8 Å². The SMILES string of the molecule is CC[C@H](CC(=O)CCCCCC(=O)CCC(=O)N1Cc2ccccc2-c2nnn(C(C)C)c2-c2ccccc21)C(=O)N[C@@H](C)C(=O)Cc1ccc(COC(=O)N2c3cc(OCCCCCOc4cc5c(cc4OC)C(=O)N4C=C(c6ccc(CCC(=N)N)cc6)C[C@H]4CC5)c(OC)cc3C(=O)N3CC4(CC4)C[C@H]3C2O)cc1. The fourth-order valence-electron chi connectivity index (χ4n) is 16.2. The van der Waals surface area contributed by atoms with Crippen LogP contribution >= 0.6 is 0 Å². The molecule has 5 N–H and O–H groups in total. The van der Waals surface area contributed by atoms with Crippen molar-refractivity contribution >= 4 is 69.9 Å². The molecule has 1 aromatic heterocycles. The van der Waals surface area contributed by atoms with Crippen molar-refractivity contribution in [2.45, 2.75) is 206 Å². The molecule has 6 heterocycles. The zero-order valence-corrected chi connectivity index (χ0v) is 64.9. The molecule has 1 aliphatic carbocycles. The lowest BCUT2D eigenvalue weighted by molar-refractivity contribution is -0.132. The number of amides is 5. The van der Waals surface area contributed by atoms with Gasteiger partial charge in [0.25, 0.3) is 11.8 Å². The van der Waals surface area contributed by atoms with E-state index in [1.165, 1.54) is 7.11 Å². The molecular formula is C88H102N10O14. The number of aliphatic hydroxyl groups excluding tert-OH is 1. The summed E-state index contributed by atoms with van der Waals surface area (Å²) in [7, 11) is 3.04. The number of nitrogens with zero attached hydrogens (tertiary/aromatic N) is 7. The lowest BCUT2D eigenvalue weighted by atomic mass is 9.95. The molecule has 5 amide bonds. The van der Waals surface area contributed by atoms with Crippen LogP contribution in [0, 0.1) is 16.7 Å². The van der Waals surface area contributed by atoms with Crippen LogP contribution in [0.1, 0.15) is 203 Å². The maximum Gasteiger partial charge on any atom is 0.416 e. The molecule has 24 heteroatoms. The molecule has 1 saturated carbocycles. The molecule has 13 rings (SSSR count). The number of rotatable bonds is 34. The summed E-state index contributed by atoms with van der Waals surface area (Å²) in [4.78, 5) is 117. The van der Waals surface area contributed by atoms with E-state index in [2.05, 4.69) is 39.9 Å². The van der Waals surface area contributed by atoms with E-state index in [0.29, 0.717) is 119 Å². The number of nitrogens with one attached hydrogen (secondary N) is 2. The van der Waals surface area contributed by atoms with Crippen molar-refractivity contribution in [2.75, 3.05) is 43.8 Å². The molecule has 5 atom stereocenters. The van der Waals surface area contributed by atoms with E-state index in [-0.39, 0.29) is 139 Å². The molecule has 24 nitrogen and oxygen atoms in total. The molecule has 588 valence electrons. The molecule has 1 saturated heterocycles. The quantitative estimate of drug-likeness (QED) is 0.0165. The van der Waals surface area contributed by atoms with Gasteiger partial charge >= 0.3 is 6.09 Å². The molecule has 5 aliphatic heterocycles. The van der Waals surface area contributed by atoms with Crippen LogP contribution in [-0.2, 0) is 61.1 Å². The Morgan fingerprint density at radius 2 is 1.36 bits per heavy atom. The van der Waals surface area contributed by atoms with Gasteiger partial charge in [0.05, 0.1) is 74.5 Å². The molecule has 112 heavy (non-hydrogen) atoms. The van der Waals surface area contributed by atoms with Crippen molar-refractivity contribution < 1.29 is 67.1 Å². The average molecular weight is 1520 g/mol. The Labute approximate surface area is 653 Å². The first kappa shape index (κ1) is 79.1. The third-order valence-electron chi connectivity index (χ3n) is 22.9. The number of nitrogens with two attached hydrogens (primary N) is 1. The van der Waals surface area contributed by atoms with Crippen molar-refractivity contribution in [1.29, 1.82) is 5.41 Å². The van der Waals surface area contributed by atoms with Crippen molar-refractivity contribution in [3.8, 4) is 45.5 Å². The number of unbranched alkanes of at least 4 members (excludes halogenated alkanes) is 4. The van der Waals surface area contributed by atoms with E-state index in [9.17, 15) is 43.5 Å². The third kappa shape index (κ3) is 17.8. The molecule has 1 spiro atoms. The second-order valence-corrected chi connectivity index (χ2v) is 31.1. The summed E-state index contributed by atoms with van der Waals surface area (Å²) in [5.74, 6) is -0.166. The zero-order chi connectivity index (χ0) is 78.9. The Kier molecular flexibility index (Phi) is 24.8. The summed E-state index contributed by atoms with van der Waals surface area (Å²) in [5.41, 5.74) is 16.8. The first-order chi connectivity index (χ1) is 54.1. The fourth-order valence-corrected chi connectivity index (χ4v) is 16.2. The number of benzene rings is 6. The van der Waals surface area contributed by atoms with Gasteiger partial charge in [-0.25, -0.2) is 14.4 Å². The monoisotopic (exact) mass is 1520 g/mol. The molecule has 0 bridgehead atoms. The van der Waals surface area contributed by atoms with Gasteiger partial charge in [0.1, 0.15) is 23.9 Å². The van der Waals surface area contributed by atoms with Crippen LogP contribution in [0.3, 0.4) is 0 Å². The van der Waals surface area contributed by atoms with Gasteiger partial charge in [-0.2, -0.15) is 0 Å². The van der Waals surface area contributed by atoms with Crippen LogP contribution in [0.2, 0.25) is 0 Å². The molecule has 6 aromatic carbocycles. The van der Waals surface area contributed by atoms with Gasteiger partial charge in [0.15, 0.2) is 35.0 Å². The molecule has 6 aliphatic rings. The van der Waals surface area contributed by atoms with E-state index in [1.54, 1.807) is 66.3 Å². The van der Waals surface area contributed by atoms with Crippen molar-refractivity contribution in [1.82, 2.24) is 30.1 Å². The first-order valence-electron chi connectivity index (χ1n) is 39.6. The largest absolute Gasteiger partial charge is 0.493 e. The topological polar surface area (TPSA) is 309 Å². The average Bonchev–Trinajstić information content (AvgIpc) is 1.56. The standard InChI is InChI=1S/C88H102N10O14/c1-7-59(44-66(100)20-11-8-10-19-65(99)35-37-80(102)95-50-62-18-12-13-21-67(62)81-82(98(54(2)3)93-92-81)68-22-14-15-23-71(68)95)83(103)91-55(4)74(101)42-57-24-26-58(27-25-57)52-112-87(107)97-72-48-78(76(109-6)47-70(72)85(105)96-53-88(38-39-88)49-73(96)86(97)106)111-41-17-9-16-40-110-77-45-61-33-34-64-43-63(51-94(64)84(104)69(61)46-75(77)108-5)60-31-28-56(29-32-60)30-36-79(89)90/h12-15,18,21-29,31-32,45-48,51,54-55,59,64,73,86,106H,7-11,16-17,19-20,30,33-44,49-50,52-53H2,1-6H3,(H3,89,90)(H,91,103)/t55-,59+,64+,73-,86?/m0/s1. The summed E-state index contributed by atoms with van der Waals surface area (Å²) in [6.07, 6.45) is 10.3. The number of ketones is 3. The summed E-state index contributed by atoms with van der Waals surface area (Å²) in [5, 5.41) is 31.7. The highest BCUT2D eigenvalue weighted by atomic mass is 16.6. The summed E-state index contributed by atoms with van der Waals surface area (Å²) >= 11 is 0. The molecule has 0 radical (unpaired) electrons. The Morgan fingerprint density at radius 3 is 2.05 bits per heavy atom. The van der Waals surface area contributed by atoms with E-state index in [1.807, 2.05) is 91.2 Å². The summed E-state index contributed by atoms with van der Waals surface area (Å²) < 4.78 is 32.1. The normalized spacial score (nSPS) is 17.5. The number of para-hydroxylation sites is 1. The molecule has 2 fully saturated rings. The lowest BCUT2D eigenvalue weighted by Gasteiger charge is -2.31. The number of ether oxygens (including phenoxy) is 5. The van der Waals surface area contributed by atoms with Gasteiger partial charge in [-0.1, -0.05) is 110 Å². The van der Waals surface area contributed by atoms with Gasteiger partial charge in [-0.05, 0) is 173 Å². The highest BCUT2D eigenvalue weighted by Gasteiger charge is 2.58. The molecular weight excluding hydrogens is 1420 g/mol. The Hall–Kier alpha value is -11.0. The van der Waals surface area contributed by atoms with Crippen LogP contribution < -0.4 is 39.8 Å². The van der Waals surface area contributed by atoms with Gasteiger partial charge in [-0.3, -0.25) is 39.0 Å². The fraction of sp³-hybridized carbons (Fsp3) is 0.443. The highest BCUT2D eigenvalue weighted by molar-refractivity contribution is 6.07. The summed E-state index contributed by atoms with van der Waals surface area (Å²) in [6.45, 7) is 8.73. The highest BCUT2D eigenvalue weighted by Crippen LogP contribution is 2.57. The van der Waals surface area contributed by atoms with Crippen LogP contribution in [0.5, 0.6) is 23.0 Å². The minimum absolute atomic E-state index is 0.00364. The van der Waals surface area contributed by atoms with Gasteiger partial charge in [-0.15, -0.1) is 5.10 Å². The third-order valence-corrected chi connectivity index (χ3v) is 22.9. The minimum Gasteiger partial charge on any atom is -0.493 e. The first-order valence-corrected chi connectivity index (χ1v) is 39.6. The van der Waals surface area contributed by atoms with Crippen LogP contribution in [0.15, 0.2) is 128 Å². The van der Waals surface area contributed by atoms with E-state index in [0.717, 1.165) is 86.6 Å². The van der Waals surface area contributed by atoms with Crippen LogP contribution in [0.4, 0.5) is 16.2 Å². The number of Topliss-reactive ketones (excluding diaryl/α,β-unsaturated/α-hetero) is 3. The Balaban J connectivity index is 0.547. The predicted octanol–water partition coefficient (Wildman–Crippen LogP) is 13.8. The number of aryl methyl sites for hydroxylation is 2. The maximum atomic E-state index is 14.5. The van der Waals surface area contributed by atoms with Crippen molar-refractivity contribution in [3.05, 3.63) is 172 Å². The van der Waals surface area contributed by atoms with E-state index in [4.69, 9.17) is 34.8 Å². The van der Waals surface area contributed by atoms with E-state index < -0.39 is 30.3 Å². The number of carbonyl (C=O) groups excluding carboxylic acids is 8. The number of aliphatic hydroxyl groups is 1. The predicted molar refractivity (Wildman–Crippen MR) is 424 cm³/mol. The number of hydrogen-bond acceptors (Lipinski definition) is 17. The van der Waals surface area contributed by atoms with Crippen molar-refractivity contribution in [2.24, 2.45) is 17.1 Å².